The van der Waals surface area contributed by atoms with Crippen LogP contribution in [-0.4, -0.2) is 61.0 Å². The molecule has 2 atom stereocenters. The first kappa shape index (κ1) is 15.1. The third-order valence-electron chi connectivity index (χ3n) is 2.71. The van der Waals surface area contributed by atoms with Gasteiger partial charge in [0.2, 0.25) is 0 Å². The average Bonchev–Trinajstić information content (AvgIpc) is 2.67. The second-order valence-corrected chi connectivity index (χ2v) is 5.40. The molecule has 1 saturated heterocycles. The Kier molecular flexibility index (Phi) is 6.29. The Hall–Kier alpha value is -0.940. The maximum absolute atomic E-state index is 11.8. The van der Waals surface area contributed by atoms with Gasteiger partial charge in [-0.15, -0.1) is 0 Å². The molecular formula is C13H22N2O2S. The average molecular weight is 270 g/mol. The quantitative estimate of drug-likeness (QED) is 0.611. The van der Waals surface area contributed by atoms with E-state index in [1.54, 1.807) is 11.0 Å². The predicted octanol–water partition coefficient (Wildman–Crippen LogP) is 1.80. The lowest BCUT2D eigenvalue weighted by Gasteiger charge is -2.21. The summed E-state index contributed by atoms with van der Waals surface area (Å²) in [6.07, 6.45) is 6.29. The minimum Gasteiger partial charge on any atom is -0.445 e. The minimum atomic E-state index is -0.286. The number of ether oxygens (including phenoxy) is 1. The number of likely N-dealkylation sites (tertiary alicyclic amines) is 1. The van der Waals surface area contributed by atoms with Gasteiger partial charge in [0, 0.05) is 18.3 Å². The van der Waals surface area contributed by atoms with Crippen LogP contribution in [0.4, 0.5) is 4.79 Å². The van der Waals surface area contributed by atoms with Crippen molar-refractivity contribution in [1.82, 2.24) is 9.80 Å². The molecule has 0 saturated carbocycles. The van der Waals surface area contributed by atoms with Crippen molar-refractivity contribution in [2.24, 2.45) is 0 Å². The Labute approximate surface area is 115 Å². The lowest BCUT2D eigenvalue weighted by atomic mass is 10.2. The van der Waals surface area contributed by atoms with Crippen LogP contribution in [0.1, 0.15) is 6.42 Å². The Balaban J connectivity index is 2.55. The maximum Gasteiger partial charge on any atom is 0.410 e. The molecule has 1 fully saturated rings. The molecule has 1 aliphatic rings. The van der Waals surface area contributed by atoms with Gasteiger partial charge in [-0.25, -0.2) is 4.79 Å². The summed E-state index contributed by atoms with van der Waals surface area (Å²) in [5.74, 6) is 0. The second kappa shape index (κ2) is 7.48. The van der Waals surface area contributed by atoms with E-state index in [-0.39, 0.29) is 24.0 Å². The van der Waals surface area contributed by atoms with Crippen molar-refractivity contribution in [3.05, 3.63) is 24.8 Å². The fraction of sp³-hybridized carbons (Fsp3) is 0.615. The molecule has 0 spiro atoms. The van der Waals surface area contributed by atoms with Crippen molar-refractivity contribution in [2.75, 3.05) is 33.8 Å². The van der Waals surface area contributed by atoms with Gasteiger partial charge in [-0.2, -0.15) is 12.6 Å². The Bertz CT molecular complexity index is 318. The number of hydrogen-bond donors (Lipinski definition) is 1. The van der Waals surface area contributed by atoms with Gasteiger partial charge in [-0.05, 0) is 20.5 Å². The number of nitrogens with zero attached hydrogens (tertiary/aromatic N) is 2. The first-order valence-corrected chi connectivity index (χ1v) is 6.60. The zero-order chi connectivity index (χ0) is 13.5. The van der Waals surface area contributed by atoms with E-state index < -0.39 is 0 Å². The zero-order valence-electron chi connectivity index (χ0n) is 11.1. The van der Waals surface area contributed by atoms with E-state index in [1.165, 1.54) is 0 Å². The molecule has 0 aromatic heterocycles. The zero-order valence-corrected chi connectivity index (χ0v) is 12.0. The summed E-state index contributed by atoms with van der Waals surface area (Å²) >= 11 is 4.45. The summed E-state index contributed by atoms with van der Waals surface area (Å²) in [6.45, 7) is 5.28. The monoisotopic (exact) mass is 270 g/mol. The maximum atomic E-state index is 11.8. The van der Waals surface area contributed by atoms with Gasteiger partial charge in [0.1, 0.15) is 6.61 Å². The third kappa shape index (κ3) is 4.74. The van der Waals surface area contributed by atoms with E-state index in [1.807, 2.05) is 14.1 Å². The van der Waals surface area contributed by atoms with Crippen molar-refractivity contribution in [3.8, 4) is 0 Å². The standard InChI is InChI=1S/C13H22N2O2S/c1-4-8-17-13(16)15-10-12(18)9-11(15)6-5-7-14(2)3/h4-6,11-12,18H,1,7-10H2,2-3H3. The number of thiol groups is 1. The van der Waals surface area contributed by atoms with E-state index >= 15 is 0 Å². The third-order valence-corrected chi connectivity index (χ3v) is 3.08. The van der Waals surface area contributed by atoms with Gasteiger partial charge in [0.05, 0.1) is 6.04 Å². The highest BCUT2D eigenvalue weighted by molar-refractivity contribution is 7.81. The molecule has 0 aromatic rings. The molecule has 1 rings (SSSR count). The number of hydrogen-bond acceptors (Lipinski definition) is 4. The van der Waals surface area contributed by atoms with Gasteiger partial charge in [-0.1, -0.05) is 24.8 Å². The molecule has 0 bridgehead atoms. The van der Waals surface area contributed by atoms with E-state index in [2.05, 4.69) is 36.3 Å². The molecule has 1 aliphatic heterocycles. The number of amides is 1. The van der Waals surface area contributed by atoms with E-state index in [9.17, 15) is 4.79 Å². The lowest BCUT2D eigenvalue weighted by molar-refractivity contribution is 0.114. The van der Waals surface area contributed by atoms with Crippen molar-refractivity contribution in [1.29, 1.82) is 0 Å². The van der Waals surface area contributed by atoms with Crippen LogP contribution in [0.15, 0.2) is 24.8 Å². The predicted molar refractivity (Wildman–Crippen MR) is 77.1 cm³/mol. The van der Waals surface area contributed by atoms with Crippen LogP contribution >= 0.6 is 12.6 Å². The van der Waals surface area contributed by atoms with Crippen LogP contribution in [0.3, 0.4) is 0 Å². The summed E-state index contributed by atoms with van der Waals surface area (Å²) in [4.78, 5) is 15.6. The van der Waals surface area contributed by atoms with E-state index in [4.69, 9.17) is 4.74 Å². The Morgan fingerprint density at radius 2 is 2.33 bits per heavy atom. The van der Waals surface area contributed by atoms with E-state index in [0.717, 1.165) is 13.0 Å². The van der Waals surface area contributed by atoms with Crippen molar-refractivity contribution >= 4 is 18.7 Å². The molecule has 5 heteroatoms. The summed E-state index contributed by atoms with van der Waals surface area (Å²) in [5.41, 5.74) is 0. The van der Waals surface area contributed by atoms with Gasteiger partial charge < -0.3 is 14.5 Å². The van der Waals surface area contributed by atoms with Crippen LogP contribution in [0.25, 0.3) is 0 Å². The summed E-state index contributed by atoms with van der Waals surface area (Å²) in [6, 6.07) is 0.0877. The summed E-state index contributed by atoms with van der Waals surface area (Å²) < 4.78 is 5.07. The molecule has 1 heterocycles. The molecule has 4 nitrogen and oxygen atoms in total. The molecule has 0 radical (unpaired) electrons. The first-order valence-electron chi connectivity index (χ1n) is 6.08. The molecule has 18 heavy (non-hydrogen) atoms. The number of carbonyl (C=O) groups is 1. The Morgan fingerprint density at radius 1 is 1.61 bits per heavy atom. The topological polar surface area (TPSA) is 32.8 Å². The SMILES string of the molecule is C=CCOC(=O)N1CC(S)CC1C=CCN(C)C. The van der Waals surface area contributed by atoms with Crippen molar-refractivity contribution < 1.29 is 9.53 Å². The highest BCUT2D eigenvalue weighted by atomic mass is 32.1. The van der Waals surface area contributed by atoms with Crippen LogP contribution in [0.5, 0.6) is 0 Å². The molecule has 1 amide bonds. The van der Waals surface area contributed by atoms with E-state index in [0.29, 0.717) is 6.54 Å². The number of rotatable bonds is 5. The van der Waals surface area contributed by atoms with Crippen molar-refractivity contribution in [3.63, 3.8) is 0 Å². The first-order chi connectivity index (χ1) is 8.54. The normalized spacial score (nSPS) is 23.9. The minimum absolute atomic E-state index is 0.0877. The van der Waals surface area contributed by atoms with Crippen molar-refractivity contribution in [2.45, 2.75) is 17.7 Å². The second-order valence-electron chi connectivity index (χ2n) is 4.67. The molecular weight excluding hydrogens is 248 g/mol. The van der Waals surface area contributed by atoms with Gasteiger partial charge in [0.15, 0.2) is 0 Å². The van der Waals surface area contributed by atoms with Gasteiger partial charge in [0.25, 0.3) is 0 Å². The molecule has 0 aromatic carbocycles. The summed E-state index contributed by atoms with van der Waals surface area (Å²) in [5, 5.41) is 0.218. The largest absolute Gasteiger partial charge is 0.445 e. The van der Waals surface area contributed by atoms with Crippen LogP contribution in [-0.2, 0) is 4.74 Å². The fourth-order valence-corrected chi connectivity index (χ4v) is 2.27. The van der Waals surface area contributed by atoms with Gasteiger partial charge in [-0.3, -0.25) is 0 Å². The molecule has 0 N–H and O–H groups in total. The summed E-state index contributed by atoms with van der Waals surface area (Å²) in [7, 11) is 4.02. The van der Waals surface area contributed by atoms with Gasteiger partial charge >= 0.3 is 6.09 Å². The Morgan fingerprint density at radius 3 is 2.94 bits per heavy atom. The molecule has 2 unspecified atom stereocenters. The molecule has 102 valence electrons. The van der Waals surface area contributed by atoms with Crippen LogP contribution in [0, 0.1) is 0 Å². The van der Waals surface area contributed by atoms with Crippen LogP contribution in [0.2, 0.25) is 0 Å². The highest BCUT2D eigenvalue weighted by Gasteiger charge is 2.32. The number of likely N-dealkylation sites (N-methyl/N-ethyl adjacent to an activating group) is 1. The number of carbonyl (C=O) groups excluding carboxylic acids is 1. The highest BCUT2D eigenvalue weighted by Crippen LogP contribution is 2.23. The lowest BCUT2D eigenvalue weighted by Crippen LogP contribution is -2.35. The smallest absolute Gasteiger partial charge is 0.410 e. The fourth-order valence-electron chi connectivity index (χ4n) is 1.88. The molecule has 0 aliphatic carbocycles. The van der Waals surface area contributed by atoms with Crippen LogP contribution < -0.4 is 0 Å².